The number of hydrogen-bond donors (Lipinski definition) is 0. The van der Waals surface area contributed by atoms with Crippen molar-refractivity contribution >= 4 is 5.91 Å². The zero-order valence-corrected chi connectivity index (χ0v) is 13.6. The van der Waals surface area contributed by atoms with Crippen molar-refractivity contribution in [2.75, 3.05) is 26.3 Å². The highest BCUT2D eigenvalue weighted by Gasteiger charge is 2.36. The molecule has 126 valence electrons. The molecule has 2 aliphatic carbocycles. The molecule has 0 N–H and O–H groups in total. The van der Waals surface area contributed by atoms with E-state index in [-0.39, 0.29) is 11.8 Å². The summed E-state index contributed by atoms with van der Waals surface area (Å²) in [6.07, 6.45) is 7.48. The Bertz CT molecular complexity index is 551. The first kappa shape index (κ1) is 15.1. The third-order valence-corrected chi connectivity index (χ3v) is 5.01. The topological polar surface area (TPSA) is 68.5 Å². The summed E-state index contributed by atoms with van der Waals surface area (Å²) in [7, 11) is 0. The molecule has 1 unspecified atom stereocenters. The van der Waals surface area contributed by atoms with E-state index in [4.69, 9.17) is 9.26 Å². The Hall–Kier alpha value is -1.43. The molecule has 2 saturated carbocycles. The van der Waals surface area contributed by atoms with Gasteiger partial charge in [-0.2, -0.15) is 4.98 Å². The lowest BCUT2D eigenvalue weighted by molar-refractivity contribution is -0.133. The number of nitrogens with zero attached hydrogens (tertiary/aromatic N) is 3. The lowest BCUT2D eigenvalue weighted by Gasteiger charge is -2.31. The minimum atomic E-state index is 0.195. The zero-order chi connectivity index (χ0) is 15.6. The van der Waals surface area contributed by atoms with E-state index in [0.717, 1.165) is 57.1 Å². The van der Waals surface area contributed by atoms with E-state index >= 15 is 0 Å². The lowest BCUT2D eigenvalue weighted by Crippen LogP contribution is -2.40. The van der Waals surface area contributed by atoms with E-state index in [0.29, 0.717) is 24.8 Å². The molecule has 4 rings (SSSR count). The number of carbonyl (C=O) groups excluding carboxylic acids is 1. The Labute approximate surface area is 136 Å². The van der Waals surface area contributed by atoms with Gasteiger partial charge in [-0.25, -0.2) is 0 Å². The van der Waals surface area contributed by atoms with Gasteiger partial charge in [0.1, 0.15) is 0 Å². The van der Waals surface area contributed by atoms with Crippen molar-refractivity contribution in [3.63, 3.8) is 0 Å². The summed E-state index contributed by atoms with van der Waals surface area (Å²) in [4.78, 5) is 18.7. The van der Waals surface area contributed by atoms with Crippen LogP contribution in [0.2, 0.25) is 0 Å². The van der Waals surface area contributed by atoms with Crippen LogP contribution in [0.25, 0.3) is 0 Å². The van der Waals surface area contributed by atoms with Gasteiger partial charge in [0.25, 0.3) is 0 Å². The molecule has 0 aromatic carbocycles. The van der Waals surface area contributed by atoms with Crippen LogP contribution in [0.4, 0.5) is 0 Å². The average Bonchev–Trinajstić information content (AvgIpc) is 3.50. The van der Waals surface area contributed by atoms with Crippen molar-refractivity contribution in [2.24, 2.45) is 11.8 Å². The van der Waals surface area contributed by atoms with Crippen LogP contribution in [0.15, 0.2) is 4.52 Å². The molecule has 1 aromatic rings. The van der Waals surface area contributed by atoms with E-state index in [1.165, 1.54) is 12.8 Å². The van der Waals surface area contributed by atoms with Crippen molar-refractivity contribution in [3.8, 4) is 0 Å². The third-order valence-electron chi connectivity index (χ3n) is 5.01. The standard InChI is InChI=1S/C17H25N3O3/c21-17(13-5-6-13)20-8-1-2-14(10-20)16-18-15(19-23-16)7-9-22-11-12-3-4-12/h12-14H,1-11H2. The number of likely N-dealkylation sites (tertiary alicyclic amines) is 1. The van der Waals surface area contributed by atoms with Gasteiger partial charge < -0.3 is 14.2 Å². The van der Waals surface area contributed by atoms with E-state index < -0.39 is 0 Å². The molecule has 3 fully saturated rings. The van der Waals surface area contributed by atoms with Crippen LogP contribution in [0.5, 0.6) is 0 Å². The largest absolute Gasteiger partial charge is 0.381 e. The van der Waals surface area contributed by atoms with Crippen molar-refractivity contribution in [1.29, 1.82) is 0 Å². The number of piperidine rings is 1. The molecule has 23 heavy (non-hydrogen) atoms. The van der Waals surface area contributed by atoms with Crippen molar-refractivity contribution in [2.45, 2.75) is 50.9 Å². The fraction of sp³-hybridized carbons (Fsp3) is 0.824. The summed E-state index contributed by atoms with van der Waals surface area (Å²) in [5, 5.41) is 4.07. The molecule has 6 heteroatoms. The second-order valence-corrected chi connectivity index (χ2v) is 7.21. The van der Waals surface area contributed by atoms with Crippen molar-refractivity contribution < 1.29 is 14.1 Å². The number of ether oxygens (including phenoxy) is 1. The van der Waals surface area contributed by atoms with Gasteiger partial charge >= 0.3 is 0 Å². The summed E-state index contributed by atoms with van der Waals surface area (Å²) in [6.45, 7) is 3.13. The van der Waals surface area contributed by atoms with Crippen molar-refractivity contribution in [1.82, 2.24) is 15.0 Å². The molecule has 1 amide bonds. The molecule has 2 heterocycles. The zero-order valence-electron chi connectivity index (χ0n) is 13.6. The van der Waals surface area contributed by atoms with E-state index in [1.54, 1.807) is 0 Å². The maximum atomic E-state index is 12.2. The van der Waals surface area contributed by atoms with Gasteiger partial charge in [0.2, 0.25) is 11.8 Å². The number of aromatic nitrogens is 2. The molecule has 1 atom stereocenters. The van der Waals surface area contributed by atoms with Crippen LogP contribution in [0.1, 0.15) is 56.2 Å². The minimum Gasteiger partial charge on any atom is -0.381 e. The normalized spacial score (nSPS) is 24.9. The summed E-state index contributed by atoms with van der Waals surface area (Å²) in [6, 6.07) is 0. The highest BCUT2D eigenvalue weighted by atomic mass is 16.5. The summed E-state index contributed by atoms with van der Waals surface area (Å²) < 4.78 is 11.1. The van der Waals surface area contributed by atoms with Crippen LogP contribution in [0.3, 0.4) is 0 Å². The van der Waals surface area contributed by atoms with Crippen molar-refractivity contribution in [3.05, 3.63) is 11.7 Å². The predicted molar refractivity (Wildman–Crippen MR) is 82.8 cm³/mol. The smallest absolute Gasteiger partial charge is 0.231 e. The second-order valence-electron chi connectivity index (χ2n) is 7.21. The molecule has 0 radical (unpaired) electrons. The Morgan fingerprint density at radius 3 is 2.91 bits per heavy atom. The van der Waals surface area contributed by atoms with Crippen LogP contribution in [-0.4, -0.2) is 47.3 Å². The fourth-order valence-electron chi connectivity index (χ4n) is 3.20. The molecule has 1 aliphatic heterocycles. The lowest BCUT2D eigenvalue weighted by atomic mass is 9.97. The van der Waals surface area contributed by atoms with Crippen LogP contribution in [0, 0.1) is 11.8 Å². The first-order valence-electron chi connectivity index (χ1n) is 8.98. The first-order valence-corrected chi connectivity index (χ1v) is 8.98. The maximum absolute atomic E-state index is 12.2. The van der Waals surface area contributed by atoms with Gasteiger partial charge in [-0.3, -0.25) is 4.79 Å². The number of amides is 1. The molecule has 3 aliphatic rings. The summed E-state index contributed by atoms with van der Waals surface area (Å²) in [5.41, 5.74) is 0. The molecule has 1 saturated heterocycles. The summed E-state index contributed by atoms with van der Waals surface area (Å²) in [5.74, 6) is 3.00. The quantitative estimate of drug-likeness (QED) is 0.720. The number of hydrogen-bond acceptors (Lipinski definition) is 5. The minimum absolute atomic E-state index is 0.195. The summed E-state index contributed by atoms with van der Waals surface area (Å²) >= 11 is 0. The van der Waals surface area contributed by atoms with E-state index in [2.05, 4.69) is 10.1 Å². The molecular formula is C17H25N3O3. The van der Waals surface area contributed by atoms with Crippen LogP contribution in [-0.2, 0) is 16.0 Å². The Balaban J connectivity index is 1.27. The molecular weight excluding hydrogens is 294 g/mol. The third kappa shape index (κ3) is 3.91. The van der Waals surface area contributed by atoms with Gasteiger partial charge in [0.05, 0.1) is 12.5 Å². The average molecular weight is 319 g/mol. The van der Waals surface area contributed by atoms with Gasteiger partial charge in [0.15, 0.2) is 5.82 Å². The van der Waals surface area contributed by atoms with Gasteiger partial charge in [-0.15, -0.1) is 0 Å². The Morgan fingerprint density at radius 2 is 2.13 bits per heavy atom. The SMILES string of the molecule is O=C(C1CC1)N1CCCC(c2nc(CCOCC3CC3)no2)C1. The molecule has 1 aromatic heterocycles. The van der Waals surface area contributed by atoms with E-state index in [9.17, 15) is 4.79 Å². The Morgan fingerprint density at radius 1 is 1.26 bits per heavy atom. The number of carbonyl (C=O) groups is 1. The molecule has 6 nitrogen and oxygen atoms in total. The predicted octanol–water partition coefficient (Wildman–Crippen LogP) is 2.15. The Kier molecular flexibility index (Phi) is 4.33. The van der Waals surface area contributed by atoms with Crippen LogP contribution >= 0.6 is 0 Å². The fourth-order valence-corrected chi connectivity index (χ4v) is 3.20. The van der Waals surface area contributed by atoms with E-state index in [1.807, 2.05) is 4.90 Å². The van der Waals surface area contributed by atoms with Crippen LogP contribution < -0.4 is 0 Å². The van der Waals surface area contributed by atoms with Gasteiger partial charge in [-0.05, 0) is 44.4 Å². The van der Waals surface area contributed by atoms with Gasteiger partial charge in [-0.1, -0.05) is 5.16 Å². The number of rotatable bonds is 7. The second kappa shape index (κ2) is 6.59. The molecule has 0 spiro atoms. The molecule has 0 bridgehead atoms. The highest BCUT2D eigenvalue weighted by molar-refractivity contribution is 5.81. The van der Waals surface area contributed by atoms with Gasteiger partial charge in [0, 0.05) is 32.0 Å². The monoisotopic (exact) mass is 319 g/mol. The maximum Gasteiger partial charge on any atom is 0.231 e. The highest BCUT2D eigenvalue weighted by Crippen LogP contribution is 2.34. The first-order chi connectivity index (χ1) is 11.3.